The fourth-order valence-corrected chi connectivity index (χ4v) is 22.5. The molecular weight excluding hydrogens is 441 g/mol. The second kappa shape index (κ2) is 10.7. The lowest BCUT2D eigenvalue weighted by Gasteiger charge is -2.39. The molecule has 0 saturated carbocycles. The maximum atomic E-state index is 12.1. The van der Waals surface area contributed by atoms with Crippen LogP contribution in [0.15, 0.2) is 0 Å². The van der Waals surface area contributed by atoms with Gasteiger partial charge in [0.2, 0.25) is 0 Å². The summed E-state index contributed by atoms with van der Waals surface area (Å²) in [4.78, 5) is 12.1. The molecule has 0 aliphatic carbocycles. The van der Waals surface area contributed by atoms with Gasteiger partial charge < -0.3 is 13.3 Å². The molecule has 0 unspecified atom stereocenters. The van der Waals surface area contributed by atoms with Gasteiger partial charge in [-0.05, 0) is 62.8 Å². The lowest BCUT2D eigenvalue weighted by Crippen LogP contribution is -2.48. The minimum atomic E-state index is -2.22. The summed E-state index contributed by atoms with van der Waals surface area (Å²) in [6.45, 7) is 31.0. The SMILES string of the molecule is CC(C)(C)[Si](C)(C)OCCC[Si](C)(C)CC[Si](C)(C)O[Si](C)(C)CC[Si](C)(C)[O-]. The molecule has 0 heterocycles. The molecule has 0 fully saturated rings. The van der Waals surface area contributed by atoms with Crippen LogP contribution < -0.4 is 4.80 Å². The number of hydrogen-bond donors (Lipinski definition) is 0. The maximum Gasteiger partial charge on any atom is 0.191 e. The topological polar surface area (TPSA) is 41.5 Å². The molecule has 0 aliphatic heterocycles. The molecule has 176 valence electrons. The predicted molar refractivity (Wildman–Crippen MR) is 143 cm³/mol. The highest BCUT2D eigenvalue weighted by atomic mass is 28.4. The van der Waals surface area contributed by atoms with Gasteiger partial charge in [0.05, 0.1) is 0 Å². The lowest BCUT2D eigenvalue weighted by molar-refractivity contribution is -0.205. The highest BCUT2D eigenvalue weighted by Crippen LogP contribution is 2.37. The highest BCUT2D eigenvalue weighted by molar-refractivity contribution is 6.87. The van der Waals surface area contributed by atoms with Crippen LogP contribution in [0.3, 0.4) is 0 Å². The van der Waals surface area contributed by atoms with Crippen LogP contribution in [0.4, 0.5) is 0 Å². The van der Waals surface area contributed by atoms with Crippen molar-refractivity contribution in [3.05, 3.63) is 0 Å². The van der Waals surface area contributed by atoms with E-state index in [4.69, 9.17) is 8.54 Å². The van der Waals surface area contributed by atoms with Gasteiger partial charge >= 0.3 is 0 Å². The molecule has 0 atom stereocenters. The largest absolute Gasteiger partial charge is 0.859 e. The van der Waals surface area contributed by atoms with Gasteiger partial charge in [-0.2, -0.15) is 0 Å². The van der Waals surface area contributed by atoms with Crippen molar-refractivity contribution in [1.29, 1.82) is 0 Å². The van der Waals surface area contributed by atoms with Gasteiger partial charge in [-0.25, -0.2) is 0 Å². The van der Waals surface area contributed by atoms with E-state index >= 15 is 0 Å². The van der Waals surface area contributed by atoms with E-state index in [1.54, 1.807) is 0 Å². The molecule has 0 radical (unpaired) electrons. The Balaban J connectivity index is 4.48. The molecule has 3 nitrogen and oxygen atoms in total. The molecule has 0 N–H and O–H groups in total. The third-order valence-electron chi connectivity index (χ3n) is 6.55. The molecule has 0 aromatic carbocycles. The van der Waals surface area contributed by atoms with Crippen LogP contribution in [0.1, 0.15) is 27.2 Å². The first-order valence-corrected chi connectivity index (χ1v) is 27.3. The maximum absolute atomic E-state index is 12.1. The summed E-state index contributed by atoms with van der Waals surface area (Å²) < 4.78 is 13.2. The smallest absolute Gasteiger partial charge is 0.191 e. The summed E-state index contributed by atoms with van der Waals surface area (Å²) >= 11 is 0. The Bertz CT molecular complexity index is 492. The summed E-state index contributed by atoms with van der Waals surface area (Å²) in [5.41, 5.74) is 0. The van der Waals surface area contributed by atoms with Crippen LogP contribution in [0, 0.1) is 0 Å². The Labute approximate surface area is 188 Å². The first-order valence-electron chi connectivity index (χ1n) is 11.6. The van der Waals surface area contributed by atoms with E-state index in [0.717, 1.165) is 18.7 Å². The van der Waals surface area contributed by atoms with Crippen molar-refractivity contribution < 1.29 is 13.3 Å². The standard InChI is InChI=1S/C21H53O3Si5/c1-21(2,3)29(12,13)23-15-14-16-25(4,5)17-19-27(8,9)24-28(10,11)20-18-26(6,7)22/h14-20H2,1-13H3/q-1. The molecule has 0 aromatic heterocycles. The molecule has 0 saturated heterocycles. The van der Waals surface area contributed by atoms with E-state index in [0.29, 0.717) is 5.04 Å². The van der Waals surface area contributed by atoms with E-state index in [-0.39, 0.29) is 0 Å². The zero-order valence-electron chi connectivity index (χ0n) is 22.2. The molecule has 0 bridgehead atoms. The average molecular weight is 494 g/mol. The van der Waals surface area contributed by atoms with E-state index in [1.165, 1.54) is 24.6 Å². The molecular formula is C21H53O3Si5-. The van der Waals surface area contributed by atoms with Gasteiger partial charge in [-0.3, -0.25) is 0 Å². The second-order valence-corrected chi connectivity index (χ2v) is 36.3. The Morgan fingerprint density at radius 3 is 1.52 bits per heavy atom. The molecule has 0 spiro atoms. The zero-order chi connectivity index (χ0) is 23.4. The molecule has 29 heavy (non-hydrogen) atoms. The molecule has 0 rings (SSSR count). The van der Waals surface area contributed by atoms with Gasteiger partial charge in [0.25, 0.3) is 0 Å². The molecule has 0 amide bonds. The van der Waals surface area contributed by atoms with Crippen LogP contribution in [0.5, 0.6) is 0 Å². The molecule has 8 heteroatoms. The first kappa shape index (κ1) is 30.0. The van der Waals surface area contributed by atoms with E-state index in [9.17, 15) is 4.80 Å². The normalized spacial score (nSPS) is 15.1. The van der Waals surface area contributed by atoms with Gasteiger partial charge in [0, 0.05) is 14.7 Å². The van der Waals surface area contributed by atoms with Crippen LogP contribution >= 0.6 is 0 Å². The minimum absolute atomic E-state index is 0.299. The van der Waals surface area contributed by atoms with Crippen LogP contribution in [-0.2, 0) is 8.54 Å². The molecule has 0 aromatic rings. The average Bonchev–Trinajstić information content (AvgIpc) is 2.45. The number of hydrogen-bond acceptors (Lipinski definition) is 3. The van der Waals surface area contributed by atoms with Crippen molar-refractivity contribution in [2.75, 3.05) is 6.61 Å². The summed E-state index contributed by atoms with van der Waals surface area (Å²) in [5, 5.41) is 0.299. The summed E-state index contributed by atoms with van der Waals surface area (Å²) in [6.07, 6.45) is 1.21. The summed E-state index contributed by atoms with van der Waals surface area (Å²) in [6, 6.07) is 5.88. The van der Waals surface area contributed by atoms with Gasteiger partial charge in [0.15, 0.2) is 25.0 Å². The fourth-order valence-electron chi connectivity index (χ4n) is 3.31. The third kappa shape index (κ3) is 13.9. The quantitative estimate of drug-likeness (QED) is 0.203. The number of rotatable bonds is 13. The van der Waals surface area contributed by atoms with Crippen molar-refractivity contribution in [3.8, 4) is 0 Å². The van der Waals surface area contributed by atoms with Gasteiger partial charge in [0.1, 0.15) is 0 Å². The van der Waals surface area contributed by atoms with Crippen LogP contribution in [0.2, 0.25) is 101 Å². The van der Waals surface area contributed by atoms with E-state index in [1.807, 2.05) is 13.1 Å². The van der Waals surface area contributed by atoms with Gasteiger partial charge in [-0.1, -0.05) is 73.4 Å². The summed E-state index contributed by atoms with van der Waals surface area (Å²) in [7, 11) is -8.42. The Morgan fingerprint density at radius 1 is 0.655 bits per heavy atom. The monoisotopic (exact) mass is 493 g/mol. The zero-order valence-corrected chi connectivity index (χ0v) is 27.2. The van der Waals surface area contributed by atoms with Gasteiger partial charge in [-0.15, -0.1) is 0 Å². The lowest BCUT2D eigenvalue weighted by atomic mass is 10.2. The van der Waals surface area contributed by atoms with Crippen molar-refractivity contribution in [2.45, 2.75) is 128 Å². The third-order valence-corrected chi connectivity index (χ3v) is 24.2. The Kier molecular flexibility index (Phi) is 11.1. The van der Waals surface area contributed by atoms with Crippen LogP contribution in [-0.4, -0.2) is 48.0 Å². The van der Waals surface area contributed by atoms with Crippen LogP contribution in [0.25, 0.3) is 0 Å². The van der Waals surface area contributed by atoms with Crippen molar-refractivity contribution in [1.82, 2.24) is 0 Å². The predicted octanol–water partition coefficient (Wildman–Crippen LogP) is 7.10. The summed E-state index contributed by atoms with van der Waals surface area (Å²) in [5.74, 6) is 0. The second-order valence-electron chi connectivity index (χ2n) is 13.3. The Hall–Kier alpha value is 0.964. The van der Waals surface area contributed by atoms with Crippen molar-refractivity contribution in [2.24, 2.45) is 0 Å². The molecule has 0 aliphatic rings. The Morgan fingerprint density at radius 2 is 1.10 bits per heavy atom. The fraction of sp³-hybridized carbons (Fsp3) is 1.00. The minimum Gasteiger partial charge on any atom is -0.859 e. The van der Waals surface area contributed by atoms with Crippen molar-refractivity contribution in [3.63, 3.8) is 0 Å². The van der Waals surface area contributed by atoms with Crippen molar-refractivity contribution >= 4 is 41.3 Å². The van der Waals surface area contributed by atoms with E-state index in [2.05, 4.69) is 73.1 Å². The first-order chi connectivity index (χ1) is 12.6. The highest BCUT2D eigenvalue weighted by Gasteiger charge is 2.37. The van der Waals surface area contributed by atoms with E-state index < -0.39 is 41.3 Å².